The molecule has 0 fully saturated rings. The van der Waals surface area contributed by atoms with E-state index in [4.69, 9.17) is 4.74 Å². The number of rotatable bonds is 35. The van der Waals surface area contributed by atoms with Crippen LogP contribution < -0.4 is 0 Å². The number of unbranched alkanes of at least 4 members (excludes halogenated alkanes) is 29. The zero-order valence-corrected chi connectivity index (χ0v) is 29.3. The zero-order valence-electron chi connectivity index (χ0n) is 29.3. The number of carbonyl (C=O) groups is 1. The second-order valence-corrected chi connectivity index (χ2v) is 13.6. The summed E-state index contributed by atoms with van der Waals surface area (Å²) in [6.45, 7) is 6.09. The molecule has 0 radical (unpaired) electrons. The van der Waals surface area contributed by atoms with E-state index in [-0.39, 0.29) is 35.7 Å². The molecule has 0 aromatic heterocycles. The molecule has 1 N–H and O–H groups in total. The molecule has 4 heteroatoms. The predicted molar refractivity (Wildman–Crippen MR) is 192 cm³/mol. The van der Waals surface area contributed by atoms with Gasteiger partial charge in [-0.15, -0.1) is 0 Å². The molecule has 0 aliphatic carbocycles. The molecule has 0 bridgehead atoms. The minimum absolute atomic E-state index is 0. The zero-order chi connectivity index (χ0) is 30.8. The summed E-state index contributed by atoms with van der Waals surface area (Å²) in [5.41, 5.74) is 0. The first-order chi connectivity index (χ1) is 20.6. The normalized spacial score (nSPS) is 12.7. The summed E-state index contributed by atoms with van der Waals surface area (Å²) >= 11 is 0. The summed E-state index contributed by atoms with van der Waals surface area (Å²) in [6.07, 6.45) is 43.4. The number of esters is 1. The van der Waals surface area contributed by atoms with E-state index in [0.717, 1.165) is 25.7 Å². The van der Waals surface area contributed by atoms with Gasteiger partial charge in [-0.05, 0) is 32.6 Å². The summed E-state index contributed by atoms with van der Waals surface area (Å²) in [7, 11) is 0. The third-order valence-electron chi connectivity index (χ3n) is 9.13. The molecular formula is C39H79NaO3. The summed E-state index contributed by atoms with van der Waals surface area (Å²) in [5.74, 6) is -0.447. The first-order valence-electron chi connectivity index (χ1n) is 19.5. The van der Waals surface area contributed by atoms with Crippen molar-refractivity contribution in [1.29, 1.82) is 0 Å². The molecular weight excluding hydrogens is 539 g/mol. The quantitative estimate of drug-likeness (QED) is 0.0436. The van der Waals surface area contributed by atoms with Crippen molar-refractivity contribution in [2.75, 3.05) is 0 Å². The van der Waals surface area contributed by atoms with Gasteiger partial charge in [-0.3, -0.25) is 0 Å². The second-order valence-electron chi connectivity index (χ2n) is 13.6. The van der Waals surface area contributed by atoms with E-state index in [1.54, 1.807) is 0 Å². The predicted octanol–water partition coefficient (Wildman–Crippen LogP) is 12.5. The van der Waals surface area contributed by atoms with Gasteiger partial charge >= 0.3 is 35.5 Å². The molecule has 43 heavy (non-hydrogen) atoms. The Morgan fingerprint density at radius 2 is 0.651 bits per heavy atom. The fourth-order valence-electron chi connectivity index (χ4n) is 6.19. The van der Waals surface area contributed by atoms with Gasteiger partial charge in [0.2, 0.25) is 0 Å². The number of hydrogen-bond acceptors (Lipinski definition) is 3. The number of hydrogen-bond donors (Lipinski definition) is 1. The summed E-state index contributed by atoms with van der Waals surface area (Å²) < 4.78 is 5.67. The van der Waals surface area contributed by atoms with Gasteiger partial charge in [0.1, 0.15) is 12.2 Å². The van der Waals surface area contributed by atoms with Gasteiger partial charge in [0, 0.05) is 0 Å². The molecule has 2 atom stereocenters. The number of aliphatic hydroxyl groups is 1. The standard InChI is InChI=1S/C39H78O3.Na.H/c1-4-6-8-10-12-14-16-18-20-22-24-26-28-30-32-34-36-38(42-39(41)37(3)40)35-33-31-29-27-25-23-21-19-17-15-13-11-9-7-5-2;;/h37-38,40H,4-36H2,1-3H3;;. The Balaban J connectivity index is 0. The molecule has 0 saturated heterocycles. The molecule has 0 rings (SSSR count). The molecule has 0 aromatic carbocycles. The van der Waals surface area contributed by atoms with Crippen molar-refractivity contribution in [2.45, 2.75) is 245 Å². The number of carbonyl (C=O) groups excluding carboxylic acids is 1. The van der Waals surface area contributed by atoms with Crippen molar-refractivity contribution in [3.05, 3.63) is 0 Å². The average molecular weight is 619 g/mol. The van der Waals surface area contributed by atoms with Crippen LogP contribution in [0.15, 0.2) is 0 Å². The molecule has 0 amide bonds. The monoisotopic (exact) mass is 619 g/mol. The van der Waals surface area contributed by atoms with Crippen LogP contribution in [-0.2, 0) is 9.53 Å². The second kappa shape index (κ2) is 38.6. The molecule has 254 valence electrons. The summed E-state index contributed by atoms with van der Waals surface area (Å²) in [6, 6.07) is 0. The third kappa shape index (κ3) is 36.8. The van der Waals surface area contributed by atoms with E-state index >= 15 is 0 Å². The van der Waals surface area contributed by atoms with Crippen molar-refractivity contribution in [3.8, 4) is 0 Å². The minimum atomic E-state index is -1.01. The van der Waals surface area contributed by atoms with Crippen molar-refractivity contribution < 1.29 is 14.6 Å². The van der Waals surface area contributed by atoms with Gasteiger partial charge in [-0.1, -0.05) is 200 Å². The van der Waals surface area contributed by atoms with Crippen molar-refractivity contribution in [3.63, 3.8) is 0 Å². The Bertz CT molecular complexity index is 525. The van der Waals surface area contributed by atoms with Crippen molar-refractivity contribution in [2.24, 2.45) is 0 Å². The Morgan fingerprint density at radius 3 is 0.860 bits per heavy atom. The van der Waals surface area contributed by atoms with Crippen LogP contribution in [-0.4, -0.2) is 52.8 Å². The van der Waals surface area contributed by atoms with E-state index in [1.165, 1.54) is 193 Å². The van der Waals surface area contributed by atoms with E-state index < -0.39 is 12.1 Å². The van der Waals surface area contributed by atoms with Gasteiger partial charge in [-0.2, -0.15) is 0 Å². The van der Waals surface area contributed by atoms with Gasteiger partial charge < -0.3 is 9.84 Å². The Morgan fingerprint density at radius 1 is 0.442 bits per heavy atom. The van der Waals surface area contributed by atoms with E-state index in [1.807, 2.05) is 0 Å². The Kier molecular flexibility index (Phi) is 40.9. The van der Waals surface area contributed by atoms with Gasteiger partial charge in [-0.25, -0.2) is 4.79 Å². The van der Waals surface area contributed by atoms with E-state index in [9.17, 15) is 9.90 Å². The maximum atomic E-state index is 12.0. The van der Waals surface area contributed by atoms with Crippen molar-refractivity contribution in [1.82, 2.24) is 0 Å². The van der Waals surface area contributed by atoms with Crippen LogP contribution in [0.5, 0.6) is 0 Å². The number of aliphatic hydroxyl groups excluding tert-OH is 1. The molecule has 0 aromatic rings. The molecule has 3 nitrogen and oxygen atoms in total. The molecule has 0 saturated carbocycles. The number of ether oxygens (including phenoxy) is 1. The van der Waals surface area contributed by atoms with Crippen LogP contribution in [0.4, 0.5) is 0 Å². The summed E-state index contributed by atoms with van der Waals surface area (Å²) in [4.78, 5) is 12.0. The molecule has 2 unspecified atom stereocenters. The molecule has 0 heterocycles. The van der Waals surface area contributed by atoms with Gasteiger partial charge in [0.25, 0.3) is 0 Å². The van der Waals surface area contributed by atoms with Gasteiger partial charge in [0.05, 0.1) is 0 Å². The fraction of sp³-hybridized carbons (Fsp3) is 0.974. The topological polar surface area (TPSA) is 46.5 Å². The van der Waals surface area contributed by atoms with Crippen LogP contribution in [0.1, 0.15) is 233 Å². The molecule has 0 aliphatic heterocycles. The first kappa shape index (κ1) is 45.6. The van der Waals surface area contributed by atoms with Gasteiger partial charge in [0.15, 0.2) is 0 Å². The Labute approximate surface area is 293 Å². The van der Waals surface area contributed by atoms with Crippen LogP contribution in [0.2, 0.25) is 0 Å². The first-order valence-corrected chi connectivity index (χ1v) is 19.5. The third-order valence-corrected chi connectivity index (χ3v) is 9.13. The van der Waals surface area contributed by atoms with Crippen LogP contribution >= 0.6 is 0 Å². The fourth-order valence-corrected chi connectivity index (χ4v) is 6.19. The van der Waals surface area contributed by atoms with Crippen LogP contribution in [0.3, 0.4) is 0 Å². The van der Waals surface area contributed by atoms with Crippen LogP contribution in [0, 0.1) is 0 Å². The maximum absolute atomic E-state index is 12.0. The SMILES string of the molecule is CCCCCCCCCCCCCCCCCCC(CCCCCCCCCCCCCCCCC)OC(=O)C(C)O.[NaH]. The van der Waals surface area contributed by atoms with Crippen LogP contribution in [0.25, 0.3) is 0 Å². The van der Waals surface area contributed by atoms with Crippen molar-refractivity contribution >= 4 is 35.5 Å². The molecule has 0 aliphatic rings. The van der Waals surface area contributed by atoms with E-state index in [2.05, 4.69) is 13.8 Å². The van der Waals surface area contributed by atoms with E-state index in [0.29, 0.717) is 0 Å². The molecule has 0 spiro atoms. The Hall–Kier alpha value is 0.430. The summed E-state index contributed by atoms with van der Waals surface area (Å²) in [5, 5.41) is 9.61. The average Bonchev–Trinajstić information content (AvgIpc) is 2.98.